The second kappa shape index (κ2) is 7.08. The minimum atomic E-state index is -0.202. The number of hydrogen-bond acceptors (Lipinski definition) is 5. The quantitative estimate of drug-likeness (QED) is 0.890. The van der Waals surface area contributed by atoms with E-state index in [1.807, 2.05) is 12.4 Å². The third kappa shape index (κ3) is 3.52. The van der Waals surface area contributed by atoms with E-state index in [0.29, 0.717) is 23.6 Å². The van der Waals surface area contributed by atoms with Gasteiger partial charge in [0.15, 0.2) is 0 Å². The SMILES string of the molecule is COc1cccc(OC)c1C(=O)NCCc1scnc1C. The van der Waals surface area contributed by atoms with Gasteiger partial charge in [-0.2, -0.15) is 0 Å². The maximum Gasteiger partial charge on any atom is 0.258 e. The Kier molecular flexibility index (Phi) is 5.16. The van der Waals surface area contributed by atoms with Gasteiger partial charge in [0.05, 0.1) is 25.4 Å². The van der Waals surface area contributed by atoms with Crippen molar-refractivity contribution < 1.29 is 14.3 Å². The lowest BCUT2D eigenvalue weighted by Crippen LogP contribution is -2.26. The fourth-order valence-electron chi connectivity index (χ4n) is 2.02. The van der Waals surface area contributed by atoms with Crippen LogP contribution in [0.2, 0.25) is 0 Å². The van der Waals surface area contributed by atoms with Crippen molar-refractivity contribution in [2.24, 2.45) is 0 Å². The summed E-state index contributed by atoms with van der Waals surface area (Å²) in [6.07, 6.45) is 0.764. The number of methoxy groups -OCH3 is 2. The van der Waals surface area contributed by atoms with E-state index in [1.54, 1.807) is 29.5 Å². The molecule has 0 saturated carbocycles. The maximum atomic E-state index is 12.3. The molecule has 0 spiro atoms. The van der Waals surface area contributed by atoms with Crippen LogP contribution < -0.4 is 14.8 Å². The first kappa shape index (κ1) is 15.3. The number of amides is 1. The van der Waals surface area contributed by atoms with Crippen molar-refractivity contribution in [3.05, 3.63) is 39.8 Å². The summed E-state index contributed by atoms with van der Waals surface area (Å²) < 4.78 is 10.5. The third-order valence-corrected chi connectivity index (χ3v) is 4.13. The van der Waals surface area contributed by atoms with Gasteiger partial charge in [0.1, 0.15) is 17.1 Å². The van der Waals surface area contributed by atoms with Crippen LogP contribution in [-0.2, 0) is 6.42 Å². The number of nitrogens with zero attached hydrogens (tertiary/aromatic N) is 1. The summed E-state index contributed by atoms with van der Waals surface area (Å²) in [7, 11) is 3.07. The average molecular weight is 306 g/mol. The second-order valence-electron chi connectivity index (χ2n) is 4.40. The van der Waals surface area contributed by atoms with Crippen molar-refractivity contribution >= 4 is 17.2 Å². The number of aryl methyl sites for hydroxylation is 1. The smallest absolute Gasteiger partial charge is 0.258 e. The normalized spacial score (nSPS) is 10.2. The van der Waals surface area contributed by atoms with Crippen LogP contribution in [0.5, 0.6) is 11.5 Å². The number of thiazole rings is 1. The van der Waals surface area contributed by atoms with E-state index in [0.717, 1.165) is 12.1 Å². The minimum absolute atomic E-state index is 0.202. The molecule has 0 aliphatic carbocycles. The van der Waals surface area contributed by atoms with Gasteiger partial charge in [-0.25, -0.2) is 4.98 Å². The van der Waals surface area contributed by atoms with Gasteiger partial charge in [-0.05, 0) is 19.1 Å². The summed E-state index contributed by atoms with van der Waals surface area (Å²) in [5.41, 5.74) is 3.25. The number of hydrogen-bond donors (Lipinski definition) is 1. The number of rotatable bonds is 6. The molecular weight excluding hydrogens is 288 g/mol. The molecule has 0 atom stereocenters. The summed E-state index contributed by atoms with van der Waals surface area (Å²) in [5, 5.41) is 2.89. The highest BCUT2D eigenvalue weighted by atomic mass is 32.1. The van der Waals surface area contributed by atoms with Crippen LogP contribution in [0.25, 0.3) is 0 Å². The fourth-order valence-corrected chi connectivity index (χ4v) is 2.80. The van der Waals surface area contributed by atoms with E-state index in [9.17, 15) is 4.79 Å². The van der Waals surface area contributed by atoms with Crippen molar-refractivity contribution in [3.8, 4) is 11.5 Å². The first-order chi connectivity index (χ1) is 10.2. The molecule has 1 amide bonds. The van der Waals surface area contributed by atoms with Gasteiger partial charge >= 0.3 is 0 Å². The van der Waals surface area contributed by atoms with Crippen LogP contribution in [0.3, 0.4) is 0 Å². The molecule has 112 valence electrons. The number of carbonyl (C=O) groups excluding carboxylic acids is 1. The molecule has 0 aliphatic heterocycles. The van der Waals surface area contributed by atoms with Crippen molar-refractivity contribution in [3.63, 3.8) is 0 Å². The van der Waals surface area contributed by atoms with E-state index in [2.05, 4.69) is 10.3 Å². The highest BCUT2D eigenvalue weighted by Crippen LogP contribution is 2.27. The lowest BCUT2D eigenvalue weighted by atomic mass is 10.1. The van der Waals surface area contributed by atoms with Crippen molar-refractivity contribution in [2.45, 2.75) is 13.3 Å². The Morgan fingerprint density at radius 2 is 1.95 bits per heavy atom. The highest BCUT2D eigenvalue weighted by molar-refractivity contribution is 7.09. The molecule has 6 heteroatoms. The Bertz CT molecular complexity index is 603. The second-order valence-corrected chi connectivity index (χ2v) is 5.34. The Hall–Kier alpha value is -2.08. The van der Waals surface area contributed by atoms with Gasteiger partial charge in [-0.1, -0.05) is 6.07 Å². The first-order valence-electron chi connectivity index (χ1n) is 6.55. The summed E-state index contributed by atoms with van der Waals surface area (Å²) in [6.45, 7) is 2.51. The van der Waals surface area contributed by atoms with E-state index in [4.69, 9.17) is 9.47 Å². The molecule has 21 heavy (non-hydrogen) atoms. The number of aromatic nitrogens is 1. The third-order valence-electron chi connectivity index (χ3n) is 3.14. The largest absolute Gasteiger partial charge is 0.496 e. The predicted octanol–water partition coefficient (Wildman–Crippen LogP) is 2.44. The molecular formula is C15H18N2O3S. The van der Waals surface area contributed by atoms with Gasteiger partial charge in [-0.15, -0.1) is 11.3 Å². The summed E-state index contributed by atoms with van der Waals surface area (Å²) >= 11 is 1.60. The molecule has 0 aliphatic rings. The molecule has 0 bridgehead atoms. The van der Waals surface area contributed by atoms with Crippen LogP contribution in [-0.4, -0.2) is 31.7 Å². The number of nitrogens with one attached hydrogen (secondary N) is 1. The molecule has 1 N–H and O–H groups in total. The Labute approximate surface area is 127 Å². The minimum Gasteiger partial charge on any atom is -0.496 e. The van der Waals surface area contributed by atoms with Crippen LogP contribution in [0.15, 0.2) is 23.7 Å². The lowest BCUT2D eigenvalue weighted by molar-refractivity contribution is 0.0948. The Morgan fingerprint density at radius 1 is 1.29 bits per heavy atom. The molecule has 2 rings (SSSR count). The van der Waals surface area contributed by atoms with E-state index < -0.39 is 0 Å². The monoisotopic (exact) mass is 306 g/mol. The standard InChI is InChI=1S/C15H18N2O3S/c1-10-13(21-9-17-10)7-8-16-15(18)14-11(19-2)5-4-6-12(14)20-3/h4-6,9H,7-8H2,1-3H3,(H,16,18). The zero-order valence-electron chi connectivity index (χ0n) is 12.3. The molecule has 1 aromatic carbocycles. The number of carbonyl (C=O) groups is 1. The van der Waals surface area contributed by atoms with Gasteiger partial charge in [0, 0.05) is 17.8 Å². The van der Waals surface area contributed by atoms with Gasteiger partial charge in [0.25, 0.3) is 5.91 Å². The zero-order valence-corrected chi connectivity index (χ0v) is 13.1. The first-order valence-corrected chi connectivity index (χ1v) is 7.43. The van der Waals surface area contributed by atoms with Crippen LogP contribution in [0.1, 0.15) is 20.9 Å². The van der Waals surface area contributed by atoms with E-state index in [-0.39, 0.29) is 5.91 Å². The molecule has 0 fully saturated rings. The molecule has 5 nitrogen and oxygen atoms in total. The summed E-state index contributed by atoms with van der Waals surface area (Å²) in [6, 6.07) is 5.27. The van der Waals surface area contributed by atoms with Crippen LogP contribution >= 0.6 is 11.3 Å². The van der Waals surface area contributed by atoms with Gasteiger partial charge in [-0.3, -0.25) is 4.79 Å². The van der Waals surface area contributed by atoms with Crippen molar-refractivity contribution in [2.75, 3.05) is 20.8 Å². The van der Waals surface area contributed by atoms with Crippen LogP contribution in [0, 0.1) is 6.92 Å². The van der Waals surface area contributed by atoms with E-state index >= 15 is 0 Å². The lowest BCUT2D eigenvalue weighted by Gasteiger charge is -2.12. The summed E-state index contributed by atoms with van der Waals surface area (Å²) in [4.78, 5) is 17.7. The molecule has 1 heterocycles. The average Bonchev–Trinajstić information content (AvgIpc) is 2.91. The summed E-state index contributed by atoms with van der Waals surface area (Å²) in [5.74, 6) is 0.799. The van der Waals surface area contributed by atoms with Gasteiger partial charge in [0.2, 0.25) is 0 Å². The van der Waals surface area contributed by atoms with Crippen molar-refractivity contribution in [1.82, 2.24) is 10.3 Å². The topological polar surface area (TPSA) is 60.5 Å². The number of benzene rings is 1. The zero-order chi connectivity index (χ0) is 15.2. The molecule has 0 unspecified atom stereocenters. The Balaban J connectivity index is 2.05. The molecule has 0 radical (unpaired) electrons. The predicted molar refractivity (Wildman–Crippen MR) is 82.4 cm³/mol. The molecule has 1 aromatic heterocycles. The van der Waals surface area contributed by atoms with E-state index in [1.165, 1.54) is 19.1 Å². The number of ether oxygens (including phenoxy) is 2. The highest BCUT2D eigenvalue weighted by Gasteiger charge is 2.17. The van der Waals surface area contributed by atoms with Gasteiger partial charge < -0.3 is 14.8 Å². The van der Waals surface area contributed by atoms with Crippen molar-refractivity contribution in [1.29, 1.82) is 0 Å². The molecule has 0 saturated heterocycles. The fraction of sp³-hybridized carbons (Fsp3) is 0.333. The molecule has 2 aromatic rings. The Morgan fingerprint density at radius 3 is 2.48 bits per heavy atom. The van der Waals surface area contributed by atoms with Crippen LogP contribution in [0.4, 0.5) is 0 Å². The maximum absolute atomic E-state index is 12.3.